The molecule has 3 nitrogen and oxygen atoms in total. The highest BCUT2D eigenvalue weighted by Crippen LogP contribution is 2.48. The number of rotatable bonds is 11. The van der Waals surface area contributed by atoms with Gasteiger partial charge in [-0.2, -0.15) is 0 Å². The SMILES string of the molecule is Br.CCCCCCCCOc1ccc(C2(C3C=CC=CN3C)C=CC=CC2CC)c(O)c1. The van der Waals surface area contributed by atoms with Gasteiger partial charge >= 0.3 is 0 Å². The second kappa shape index (κ2) is 12.9. The molecule has 0 fully saturated rings. The van der Waals surface area contributed by atoms with Gasteiger partial charge in [-0.3, -0.25) is 0 Å². The van der Waals surface area contributed by atoms with Gasteiger partial charge in [0.2, 0.25) is 0 Å². The van der Waals surface area contributed by atoms with Crippen LogP contribution in [0.5, 0.6) is 11.5 Å². The first-order valence-corrected chi connectivity index (χ1v) is 12.0. The molecule has 32 heavy (non-hydrogen) atoms. The molecule has 0 saturated heterocycles. The molecule has 1 aliphatic heterocycles. The minimum atomic E-state index is -0.332. The minimum Gasteiger partial charge on any atom is -0.507 e. The largest absolute Gasteiger partial charge is 0.507 e. The molecule has 3 unspecified atom stereocenters. The average molecular weight is 503 g/mol. The van der Waals surface area contributed by atoms with Gasteiger partial charge in [0.05, 0.1) is 12.6 Å². The van der Waals surface area contributed by atoms with E-state index in [1.165, 1.54) is 32.1 Å². The van der Waals surface area contributed by atoms with E-state index in [1.54, 1.807) is 6.07 Å². The lowest BCUT2D eigenvalue weighted by Crippen LogP contribution is -2.50. The third kappa shape index (κ3) is 5.89. The number of benzene rings is 1. The van der Waals surface area contributed by atoms with Gasteiger partial charge in [-0.05, 0) is 37.1 Å². The summed E-state index contributed by atoms with van der Waals surface area (Å²) in [5.74, 6) is 1.36. The van der Waals surface area contributed by atoms with Gasteiger partial charge in [-0.15, -0.1) is 17.0 Å². The molecule has 4 heteroatoms. The molecule has 0 saturated carbocycles. The number of phenolic OH excluding ortho intramolecular Hbond substituents is 1. The molecule has 0 spiro atoms. The zero-order valence-electron chi connectivity index (χ0n) is 19.9. The Balaban J connectivity index is 0.00000363. The monoisotopic (exact) mass is 501 g/mol. The Kier molecular flexibility index (Phi) is 10.6. The Morgan fingerprint density at radius 1 is 0.969 bits per heavy atom. The van der Waals surface area contributed by atoms with Gasteiger partial charge in [0.15, 0.2) is 0 Å². The van der Waals surface area contributed by atoms with Crippen molar-refractivity contribution in [2.75, 3.05) is 13.7 Å². The number of phenols is 1. The van der Waals surface area contributed by atoms with Crippen LogP contribution >= 0.6 is 17.0 Å². The molecule has 0 bridgehead atoms. The van der Waals surface area contributed by atoms with Crippen molar-refractivity contribution in [2.45, 2.75) is 70.3 Å². The number of hydrogen-bond donors (Lipinski definition) is 1. The molecule has 0 radical (unpaired) electrons. The Hall–Kier alpha value is -1.94. The lowest BCUT2D eigenvalue weighted by molar-refractivity contribution is 0.217. The molecule has 0 aromatic heterocycles. The first-order chi connectivity index (χ1) is 15.1. The van der Waals surface area contributed by atoms with Crippen molar-refractivity contribution >= 4 is 17.0 Å². The van der Waals surface area contributed by atoms with Crippen LogP contribution in [0.25, 0.3) is 0 Å². The minimum absolute atomic E-state index is 0. The third-order valence-corrected chi connectivity index (χ3v) is 6.74. The van der Waals surface area contributed by atoms with E-state index < -0.39 is 0 Å². The molecular weight excluding hydrogens is 462 g/mol. The predicted molar refractivity (Wildman–Crippen MR) is 141 cm³/mol. The molecule has 2 aliphatic rings. The van der Waals surface area contributed by atoms with Crippen LogP contribution in [0.15, 0.2) is 66.9 Å². The molecule has 1 aliphatic carbocycles. The summed E-state index contributed by atoms with van der Waals surface area (Å²) < 4.78 is 5.96. The zero-order chi connectivity index (χ0) is 22.1. The number of hydrogen-bond acceptors (Lipinski definition) is 3. The van der Waals surface area contributed by atoms with Crippen LogP contribution in [0.2, 0.25) is 0 Å². The van der Waals surface area contributed by atoms with E-state index in [-0.39, 0.29) is 28.4 Å². The maximum atomic E-state index is 11.1. The maximum Gasteiger partial charge on any atom is 0.123 e. The second-order valence-electron chi connectivity index (χ2n) is 8.82. The van der Waals surface area contributed by atoms with Crippen LogP contribution in [0, 0.1) is 5.92 Å². The third-order valence-electron chi connectivity index (χ3n) is 6.74. The maximum absolute atomic E-state index is 11.1. The van der Waals surface area contributed by atoms with Crippen LogP contribution < -0.4 is 4.74 Å². The fourth-order valence-electron chi connectivity index (χ4n) is 5.06. The van der Waals surface area contributed by atoms with E-state index in [2.05, 4.69) is 80.6 Å². The van der Waals surface area contributed by atoms with Crippen LogP contribution in [-0.4, -0.2) is 29.7 Å². The fourth-order valence-corrected chi connectivity index (χ4v) is 5.06. The molecule has 1 aromatic carbocycles. The van der Waals surface area contributed by atoms with Crippen LogP contribution in [0.3, 0.4) is 0 Å². The zero-order valence-corrected chi connectivity index (χ0v) is 21.6. The summed E-state index contributed by atoms with van der Waals surface area (Å²) in [5, 5.41) is 11.1. The van der Waals surface area contributed by atoms with E-state index in [1.807, 2.05) is 6.07 Å². The molecule has 3 atom stereocenters. The summed E-state index contributed by atoms with van der Waals surface area (Å²) in [6, 6.07) is 6.02. The van der Waals surface area contributed by atoms with Gasteiger partial charge in [0.1, 0.15) is 11.5 Å². The van der Waals surface area contributed by atoms with Gasteiger partial charge in [-0.25, -0.2) is 0 Å². The lowest BCUT2D eigenvalue weighted by atomic mass is 9.61. The van der Waals surface area contributed by atoms with Crippen molar-refractivity contribution in [1.82, 2.24) is 4.90 Å². The van der Waals surface area contributed by atoms with Crippen molar-refractivity contribution in [3.8, 4) is 11.5 Å². The summed E-state index contributed by atoms with van der Waals surface area (Å²) in [5.41, 5.74) is 0.630. The predicted octanol–water partition coefficient (Wildman–Crippen LogP) is 7.48. The number of aromatic hydroxyl groups is 1. The Labute approximate surface area is 205 Å². The molecule has 3 rings (SSSR count). The van der Waals surface area contributed by atoms with E-state index in [0.717, 1.165) is 24.2 Å². The quantitative estimate of drug-likeness (QED) is 0.319. The van der Waals surface area contributed by atoms with Crippen molar-refractivity contribution in [2.24, 2.45) is 5.92 Å². The smallest absolute Gasteiger partial charge is 0.123 e. The van der Waals surface area contributed by atoms with Crippen molar-refractivity contribution in [3.63, 3.8) is 0 Å². The van der Waals surface area contributed by atoms with E-state index >= 15 is 0 Å². The molecule has 1 heterocycles. The van der Waals surface area contributed by atoms with E-state index in [4.69, 9.17) is 4.74 Å². The second-order valence-corrected chi connectivity index (χ2v) is 8.82. The van der Waals surface area contributed by atoms with Gasteiger partial charge in [0.25, 0.3) is 0 Å². The first-order valence-electron chi connectivity index (χ1n) is 12.0. The van der Waals surface area contributed by atoms with Gasteiger partial charge in [0, 0.05) is 24.1 Å². The summed E-state index contributed by atoms with van der Waals surface area (Å²) in [6.07, 6.45) is 25.8. The van der Waals surface area contributed by atoms with Crippen LogP contribution in [0.4, 0.5) is 0 Å². The highest BCUT2D eigenvalue weighted by Gasteiger charge is 2.46. The Morgan fingerprint density at radius 2 is 1.72 bits per heavy atom. The summed E-state index contributed by atoms with van der Waals surface area (Å²) in [7, 11) is 2.11. The number of likely N-dealkylation sites (N-methyl/N-ethyl adjacent to an activating group) is 1. The van der Waals surface area contributed by atoms with E-state index in [9.17, 15) is 5.11 Å². The number of nitrogens with zero attached hydrogens (tertiary/aromatic N) is 1. The Morgan fingerprint density at radius 3 is 2.44 bits per heavy atom. The molecule has 1 N–H and O–H groups in total. The van der Waals surface area contributed by atoms with Crippen molar-refractivity contribution < 1.29 is 9.84 Å². The topological polar surface area (TPSA) is 32.7 Å². The summed E-state index contributed by atoms with van der Waals surface area (Å²) >= 11 is 0. The number of unbranched alkanes of at least 4 members (excludes halogenated alkanes) is 5. The average Bonchev–Trinajstić information content (AvgIpc) is 2.79. The van der Waals surface area contributed by atoms with Crippen LogP contribution in [0.1, 0.15) is 64.4 Å². The number of ether oxygens (including phenoxy) is 1. The molecule has 0 amide bonds. The number of halogens is 1. The first kappa shape index (κ1) is 26.3. The summed E-state index contributed by atoms with van der Waals surface area (Å²) in [6.45, 7) is 5.17. The normalized spacial score (nSPS) is 23.9. The standard InChI is InChI=1S/C28H39NO2.BrH/c1-4-6-7-8-9-14-21-31-24-17-18-25(26(30)22-24)28(19-12-10-15-23(28)5-2)27-16-11-13-20-29(27)3;/h10-13,15-20,22-23,27,30H,4-9,14,21H2,1-3H3;1H. The highest BCUT2D eigenvalue weighted by molar-refractivity contribution is 8.93. The lowest BCUT2D eigenvalue weighted by Gasteiger charge is -2.48. The molecular formula is C28H40BrNO2. The van der Waals surface area contributed by atoms with Gasteiger partial charge < -0.3 is 14.7 Å². The molecule has 176 valence electrons. The highest BCUT2D eigenvalue weighted by atomic mass is 79.9. The van der Waals surface area contributed by atoms with Crippen molar-refractivity contribution in [3.05, 3.63) is 72.5 Å². The van der Waals surface area contributed by atoms with Crippen LogP contribution in [-0.2, 0) is 5.41 Å². The number of allylic oxidation sites excluding steroid dienone is 5. The molecule has 1 aromatic rings. The van der Waals surface area contributed by atoms with Crippen molar-refractivity contribution in [1.29, 1.82) is 0 Å². The Bertz CT molecular complexity index is 829. The van der Waals surface area contributed by atoms with Gasteiger partial charge in [-0.1, -0.05) is 88.5 Å². The fraction of sp³-hybridized carbons (Fsp3) is 0.500. The van der Waals surface area contributed by atoms with E-state index in [0.29, 0.717) is 18.3 Å². The summed E-state index contributed by atoms with van der Waals surface area (Å²) in [4.78, 5) is 2.24.